The lowest BCUT2D eigenvalue weighted by molar-refractivity contribution is -0.143. The van der Waals surface area contributed by atoms with Crippen LogP contribution in [0.25, 0.3) is 0 Å². The Morgan fingerprint density at radius 1 is 1.25 bits per heavy atom. The predicted molar refractivity (Wildman–Crippen MR) is 125 cm³/mol. The van der Waals surface area contributed by atoms with Gasteiger partial charge in [0.2, 0.25) is 11.1 Å². The molecule has 1 aliphatic rings. The van der Waals surface area contributed by atoms with Crippen molar-refractivity contribution in [1.29, 1.82) is 0 Å². The average molecular weight is 471 g/mol. The Kier molecular flexibility index (Phi) is 6.43. The zero-order valence-corrected chi connectivity index (χ0v) is 19.4. The SMILES string of the molecule is CC1=C(C(=O)OC(C)C)C(c2ccc(O)cc2)n2nc(SCc3ccccc3Cl)nc2N1. The number of anilines is 1. The van der Waals surface area contributed by atoms with E-state index in [2.05, 4.69) is 15.4 Å². The van der Waals surface area contributed by atoms with E-state index in [1.54, 1.807) is 28.9 Å². The van der Waals surface area contributed by atoms with Crippen LogP contribution in [0.4, 0.5) is 5.95 Å². The van der Waals surface area contributed by atoms with Crippen LogP contribution < -0.4 is 5.32 Å². The molecule has 0 bridgehead atoms. The van der Waals surface area contributed by atoms with E-state index in [0.717, 1.165) is 11.1 Å². The third-order valence-electron chi connectivity index (χ3n) is 4.92. The second-order valence-corrected chi connectivity index (χ2v) is 9.00. The number of phenols is 1. The molecule has 2 N–H and O–H groups in total. The number of thioether (sulfide) groups is 1. The number of nitrogens with one attached hydrogen (secondary N) is 1. The van der Waals surface area contributed by atoms with E-state index in [9.17, 15) is 9.90 Å². The molecule has 2 aromatic carbocycles. The van der Waals surface area contributed by atoms with Gasteiger partial charge in [-0.05, 0) is 50.1 Å². The molecule has 32 heavy (non-hydrogen) atoms. The molecular formula is C23H23ClN4O3S. The van der Waals surface area contributed by atoms with Crippen molar-refractivity contribution in [3.8, 4) is 5.75 Å². The Morgan fingerprint density at radius 3 is 2.66 bits per heavy atom. The number of aromatic nitrogens is 3. The van der Waals surface area contributed by atoms with Crippen LogP contribution in [-0.2, 0) is 15.3 Å². The van der Waals surface area contributed by atoms with Gasteiger partial charge in [0.15, 0.2) is 0 Å². The molecule has 166 valence electrons. The second-order valence-electron chi connectivity index (χ2n) is 7.65. The largest absolute Gasteiger partial charge is 0.508 e. The number of fused-ring (bicyclic) bond motifs is 1. The fourth-order valence-corrected chi connectivity index (χ4v) is 4.57. The summed E-state index contributed by atoms with van der Waals surface area (Å²) in [5.74, 6) is 0.865. The van der Waals surface area contributed by atoms with Gasteiger partial charge < -0.3 is 15.2 Å². The Hall–Kier alpha value is -2.97. The summed E-state index contributed by atoms with van der Waals surface area (Å²) < 4.78 is 7.19. The highest BCUT2D eigenvalue weighted by atomic mass is 35.5. The van der Waals surface area contributed by atoms with E-state index in [4.69, 9.17) is 16.3 Å². The lowest BCUT2D eigenvalue weighted by Crippen LogP contribution is -2.30. The molecule has 1 atom stereocenters. The molecular weight excluding hydrogens is 448 g/mol. The number of hydrogen-bond acceptors (Lipinski definition) is 7. The standard InChI is InChI=1S/C23H23ClN4O3S/c1-13(2)31-21(30)19-14(3)25-22-26-23(32-12-16-6-4-5-7-18(16)24)27-28(22)20(19)15-8-10-17(29)11-9-15/h4-11,13,20,29H,12H2,1-3H3,(H,25,26,27). The molecule has 4 rings (SSSR count). The first kappa shape index (κ1) is 22.2. The Labute approximate surface area is 195 Å². The van der Waals surface area contributed by atoms with E-state index in [0.29, 0.717) is 33.2 Å². The number of carbonyl (C=O) groups is 1. The maximum absolute atomic E-state index is 13.0. The summed E-state index contributed by atoms with van der Waals surface area (Å²) in [6.45, 7) is 5.44. The predicted octanol–water partition coefficient (Wildman–Crippen LogP) is 5.17. The Balaban J connectivity index is 1.70. The summed E-state index contributed by atoms with van der Waals surface area (Å²) in [6, 6.07) is 13.8. The van der Waals surface area contributed by atoms with E-state index >= 15 is 0 Å². The molecule has 0 saturated carbocycles. The van der Waals surface area contributed by atoms with E-state index in [-0.39, 0.29) is 11.9 Å². The monoisotopic (exact) mass is 470 g/mol. The number of phenolic OH excluding ortho intramolecular Hbond substituents is 1. The summed E-state index contributed by atoms with van der Waals surface area (Å²) in [4.78, 5) is 17.6. The molecule has 9 heteroatoms. The Bertz CT molecular complexity index is 1170. The van der Waals surface area contributed by atoms with Crippen molar-refractivity contribution in [3.63, 3.8) is 0 Å². The van der Waals surface area contributed by atoms with Crippen LogP contribution in [0.15, 0.2) is 65.0 Å². The molecule has 1 aliphatic heterocycles. The molecule has 3 aromatic rings. The fourth-order valence-electron chi connectivity index (χ4n) is 3.46. The van der Waals surface area contributed by atoms with Gasteiger partial charge in [0, 0.05) is 16.5 Å². The molecule has 2 heterocycles. The zero-order chi connectivity index (χ0) is 22.8. The number of nitrogens with zero attached hydrogens (tertiary/aromatic N) is 3. The number of rotatable bonds is 6. The molecule has 0 fully saturated rings. The lowest BCUT2D eigenvalue weighted by Gasteiger charge is -2.28. The summed E-state index contributed by atoms with van der Waals surface area (Å²) in [5, 5.41) is 18.9. The van der Waals surface area contributed by atoms with Crippen molar-refractivity contribution in [3.05, 3.63) is 76.0 Å². The van der Waals surface area contributed by atoms with Gasteiger partial charge in [-0.3, -0.25) is 0 Å². The van der Waals surface area contributed by atoms with Crippen molar-refractivity contribution >= 4 is 35.3 Å². The summed E-state index contributed by atoms with van der Waals surface area (Å²) in [7, 11) is 0. The van der Waals surface area contributed by atoms with Crippen LogP contribution in [0.2, 0.25) is 5.02 Å². The fraction of sp³-hybridized carbons (Fsp3) is 0.261. The number of benzene rings is 2. The maximum Gasteiger partial charge on any atom is 0.338 e. The number of hydrogen-bond donors (Lipinski definition) is 2. The highest BCUT2D eigenvalue weighted by Crippen LogP contribution is 2.37. The van der Waals surface area contributed by atoms with E-state index < -0.39 is 12.0 Å². The molecule has 0 radical (unpaired) electrons. The average Bonchev–Trinajstić information content (AvgIpc) is 3.14. The van der Waals surface area contributed by atoms with Crippen molar-refractivity contribution < 1.29 is 14.6 Å². The number of ether oxygens (including phenoxy) is 1. The summed E-state index contributed by atoms with van der Waals surface area (Å²) in [6.07, 6.45) is -0.262. The topological polar surface area (TPSA) is 89.3 Å². The number of halogens is 1. The zero-order valence-electron chi connectivity index (χ0n) is 17.9. The van der Waals surface area contributed by atoms with Gasteiger partial charge in [-0.2, -0.15) is 4.98 Å². The minimum atomic E-state index is -0.541. The molecule has 0 spiro atoms. The Morgan fingerprint density at radius 2 is 1.97 bits per heavy atom. The van der Waals surface area contributed by atoms with Crippen molar-refractivity contribution in [1.82, 2.24) is 14.8 Å². The van der Waals surface area contributed by atoms with Crippen molar-refractivity contribution in [2.45, 2.75) is 43.8 Å². The number of aromatic hydroxyl groups is 1. The lowest BCUT2D eigenvalue weighted by atomic mass is 9.95. The highest BCUT2D eigenvalue weighted by molar-refractivity contribution is 7.98. The molecule has 0 saturated heterocycles. The summed E-state index contributed by atoms with van der Waals surface area (Å²) >= 11 is 7.73. The van der Waals surface area contributed by atoms with Crippen molar-refractivity contribution in [2.24, 2.45) is 0 Å². The highest BCUT2D eigenvalue weighted by Gasteiger charge is 2.35. The van der Waals surface area contributed by atoms with Gasteiger partial charge in [-0.1, -0.05) is 53.7 Å². The minimum Gasteiger partial charge on any atom is -0.508 e. The van der Waals surface area contributed by atoms with Crippen LogP contribution in [0.1, 0.15) is 37.9 Å². The quantitative estimate of drug-likeness (QED) is 0.379. The summed E-state index contributed by atoms with van der Waals surface area (Å²) in [5.41, 5.74) is 2.87. The third-order valence-corrected chi connectivity index (χ3v) is 6.17. The van der Waals surface area contributed by atoms with Gasteiger partial charge in [0.25, 0.3) is 0 Å². The number of allylic oxidation sites excluding steroid dienone is 1. The molecule has 0 aliphatic carbocycles. The van der Waals surface area contributed by atoms with Crippen LogP contribution in [0.5, 0.6) is 5.75 Å². The van der Waals surface area contributed by atoms with E-state index in [1.165, 1.54) is 11.8 Å². The maximum atomic E-state index is 13.0. The van der Waals surface area contributed by atoms with Gasteiger partial charge in [-0.25, -0.2) is 9.48 Å². The van der Waals surface area contributed by atoms with Gasteiger partial charge in [-0.15, -0.1) is 5.10 Å². The smallest absolute Gasteiger partial charge is 0.338 e. The second kappa shape index (κ2) is 9.26. The van der Waals surface area contributed by atoms with Gasteiger partial charge in [0.1, 0.15) is 11.8 Å². The van der Waals surface area contributed by atoms with E-state index in [1.807, 2.05) is 45.0 Å². The minimum absolute atomic E-state index is 0.143. The third kappa shape index (κ3) is 4.61. The molecule has 1 unspecified atom stereocenters. The van der Waals surface area contributed by atoms with Crippen molar-refractivity contribution in [2.75, 3.05) is 5.32 Å². The van der Waals surface area contributed by atoms with Crippen LogP contribution in [-0.4, -0.2) is 31.9 Å². The molecule has 0 amide bonds. The number of carbonyl (C=O) groups excluding carboxylic acids is 1. The molecule has 7 nitrogen and oxygen atoms in total. The number of esters is 1. The van der Waals surface area contributed by atoms with Crippen LogP contribution >= 0.6 is 23.4 Å². The van der Waals surface area contributed by atoms with Gasteiger partial charge >= 0.3 is 5.97 Å². The van der Waals surface area contributed by atoms with Gasteiger partial charge in [0.05, 0.1) is 11.7 Å². The normalized spacial score (nSPS) is 15.5. The first-order chi connectivity index (χ1) is 15.3. The van der Waals surface area contributed by atoms with Crippen LogP contribution in [0.3, 0.4) is 0 Å². The first-order valence-corrected chi connectivity index (χ1v) is 11.5. The van der Waals surface area contributed by atoms with Crippen LogP contribution in [0, 0.1) is 0 Å². The molecule has 1 aromatic heterocycles. The first-order valence-electron chi connectivity index (χ1n) is 10.1.